The van der Waals surface area contributed by atoms with Crippen molar-refractivity contribution < 1.29 is 18.0 Å². The first-order chi connectivity index (χ1) is 8.38. The van der Waals surface area contributed by atoms with Gasteiger partial charge in [-0.05, 0) is 32.9 Å². The molecule has 1 aromatic rings. The zero-order valence-electron chi connectivity index (χ0n) is 10.7. The van der Waals surface area contributed by atoms with Crippen LogP contribution < -0.4 is 4.90 Å². The normalized spacial score (nSPS) is 10.6. The highest BCUT2D eigenvalue weighted by Gasteiger charge is 2.31. The summed E-state index contributed by atoms with van der Waals surface area (Å²) in [5, 5.41) is 0. The topological polar surface area (TPSA) is 33.2 Å². The van der Waals surface area contributed by atoms with Gasteiger partial charge in [-0.1, -0.05) is 0 Å². The van der Waals surface area contributed by atoms with Crippen LogP contribution in [-0.4, -0.2) is 24.9 Å². The minimum Gasteiger partial charge on any atom is -0.357 e. The van der Waals surface area contributed by atoms with Gasteiger partial charge in [0.2, 0.25) is 0 Å². The van der Waals surface area contributed by atoms with Crippen molar-refractivity contribution in [1.82, 2.24) is 4.98 Å². The van der Waals surface area contributed by atoms with Crippen LogP contribution in [0.4, 0.5) is 19.0 Å². The number of hydrogen-bond acceptors (Lipinski definition) is 3. The molecule has 102 valence electrons. The summed E-state index contributed by atoms with van der Waals surface area (Å²) in [6.07, 6.45) is -4.31. The highest BCUT2D eigenvalue weighted by molar-refractivity contribution is 5.43. The molecule has 1 rings (SSSR count). The predicted molar refractivity (Wildman–Crippen MR) is 64.7 cm³/mol. The molecule has 0 bridgehead atoms. The molecule has 0 spiro atoms. The van der Waals surface area contributed by atoms with Crippen molar-refractivity contribution in [1.29, 1.82) is 0 Å². The van der Waals surface area contributed by atoms with E-state index in [1.165, 1.54) is 0 Å². The summed E-state index contributed by atoms with van der Waals surface area (Å²) in [7, 11) is 0. The summed E-state index contributed by atoms with van der Waals surface area (Å²) in [6, 6.07) is 2.16. The number of halogens is 3. The summed E-state index contributed by atoms with van der Waals surface area (Å²) in [4.78, 5) is 13.9. The molecule has 6 heteroatoms. The van der Waals surface area contributed by atoms with Gasteiger partial charge in [-0.3, -0.25) is 0 Å². The van der Waals surface area contributed by atoms with Crippen molar-refractivity contribution in [3.63, 3.8) is 0 Å². The van der Waals surface area contributed by atoms with E-state index in [2.05, 4.69) is 4.98 Å². The van der Waals surface area contributed by atoms with E-state index < -0.39 is 11.7 Å². The Kier molecular flexibility index (Phi) is 6.36. The molecule has 1 heterocycles. The quantitative estimate of drug-likeness (QED) is 0.839. The second-order valence-corrected chi connectivity index (χ2v) is 3.53. The van der Waals surface area contributed by atoms with Gasteiger partial charge in [0.1, 0.15) is 12.6 Å². The molecule has 0 saturated heterocycles. The smallest absolute Gasteiger partial charge is 0.357 e. The molecular formula is C12H17F3N2O. The number of hydrogen-bond donors (Lipinski definition) is 0. The first-order valence-electron chi connectivity index (χ1n) is 5.48. The molecular weight excluding hydrogens is 245 g/mol. The number of nitrogens with zero attached hydrogens (tertiary/aromatic N) is 2. The zero-order valence-corrected chi connectivity index (χ0v) is 10.7. The number of carbonyl (C=O) groups excluding carboxylic acids is 1. The van der Waals surface area contributed by atoms with Crippen LogP contribution in [-0.2, 0) is 11.0 Å². The molecule has 0 saturated carbocycles. The summed E-state index contributed by atoms with van der Waals surface area (Å²) < 4.78 is 37.7. The van der Waals surface area contributed by atoms with Crippen LogP contribution in [0, 0.1) is 6.92 Å². The van der Waals surface area contributed by atoms with Gasteiger partial charge < -0.3 is 9.69 Å². The maximum atomic E-state index is 12.6. The number of aromatic nitrogens is 1. The van der Waals surface area contributed by atoms with E-state index in [0.717, 1.165) is 12.1 Å². The Morgan fingerprint density at radius 3 is 2.11 bits per heavy atom. The fourth-order valence-electron chi connectivity index (χ4n) is 1.52. The van der Waals surface area contributed by atoms with Crippen LogP contribution in [0.1, 0.15) is 25.1 Å². The third-order valence-corrected chi connectivity index (χ3v) is 2.35. The van der Waals surface area contributed by atoms with Gasteiger partial charge >= 0.3 is 6.18 Å². The Labute approximate surface area is 105 Å². The van der Waals surface area contributed by atoms with Crippen LogP contribution >= 0.6 is 0 Å². The lowest BCUT2D eigenvalue weighted by Gasteiger charge is -2.21. The molecule has 0 atom stereocenters. The second kappa shape index (κ2) is 6.98. The Balaban J connectivity index is 0.00000137. The molecule has 0 radical (unpaired) electrons. The molecule has 0 aliphatic carbocycles. The Morgan fingerprint density at radius 1 is 1.22 bits per heavy atom. The van der Waals surface area contributed by atoms with Gasteiger partial charge in [-0.15, -0.1) is 0 Å². The van der Waals surface area contributed by atoms with Crippen molar-refractivity contribution in [2.75, 3.05) is 18.0 Å². The van der Waals surface area contributed by atoms with Gasteiger partial charge in [0.05, 0.1) is 5.56 Å². The first kappa shape index (κ1) is 16.4. The number of alkyl halides is 3. The Hall–Kier alpha value is -1.59. The molecule has 0 unspecified atom stereocenters. The summed E-state index contributed by atoms with van der Waals surface area (Å²) in [5.41, 5.74) is -0.251. The number of rotatable bonds is 3. The van der Waals surface area contributed by atoms with Gasteiger partial charge in [0.25, 0.3) is 0 Å². The van der Waals surface area contributed by atoms with E-state index >= 15 is 0 Å². The maximum absolute atomic E-state index is 12.6. The first-order valence-corrected chi connectivity index (χ1v) is 5.48. The Bertz CT molecular complexity index is 376. The van der Waals surface area contributed by atoms with Crippen LogP contribution in [0.2, 0.25) is 0 Å². The molecule has 0 fully saturated rings. The van der Waals surface area contributed by atoms with Crippen LogP contribution in [0.3, 0.4) is 0 Å². The lowest BCUT2D eigenvalue weighted by atomic mass is 10.2. The molecule has 0 amide bonds. The average molecular weight is 262 g/mol. The molecule has 18 heavy (non-hydrogen) atoms. The van der Waals surface area contributed by atoms with Gasteiger partial charge in [0.15, 0.2) is 0 Å². The fraction of sp³-hybridized carbons (Fsp3) is 0.500. The zero-order chi connectivity index (χ0) is 14.3. The average Bonchev–Trinajstić information content (AvgIpc) is 2.31. The van der Waals surface area contributed by atoms with Crippen molar-refractivity contribution in [3.05, 3.63) is 23.4 Å². The molecule has 0 N–H and O–H groups in total. The van der Waals surface area contributed by atoms with Gasteiger partial charge in [-0.2, -0.15) is 13.2 Å². The SMILES string of the molecule is C=O.CCN(CC)c1cc(C(F)(F)F)cc(C)n1. The monoisotopic (exact) mass is 262 g/mol. The van der Waals surface area contributed by atoms with Crippen LogP contribution in [0.15, 0.2) is 12.1 Å². The third-order valence-electron chi connectivity index (χ3n) is 2.35. The molecule has 1 aromatic heterocycles. The third kappa shape index (κ3) is 4.35. The van der Waals surface area contributed by atoms with Crippen LogP contribution in [0.5, 0.6) is 0 Å². The Morgan fingerprint density at radius 2 is 1.72 bits per heavy atom. The number of anilines is 1. The van der Waals surface area contributed by atoms with Crippen molar-refractivity contribution >= 4 is 12.6 Å². The van der Waals surface area contributed by atoms with Gasteiger partial charge in [-0.25, -0.2) is 4.98 Å². The van der Waals surface area contributed by atoms with E-state index in [9.17, 15) is 13.2 Å². The highest BCUT2D eigenvalue weighted by atomic mass is 19.4. The van der Waals surface area contributed by atoms with E-state index in [0.29, 0.717) is 24.6 Å². The van der Waals surface area contributed by atoms with Crippen molar-refractivity contribution in [2.45, 2.75) is 26.9 Å². The van der Waals surface area contributed by atoms with Crippen LogP contribution in [0.25, 0.3) is 0 Å². The maximum Gasteiger partial charge on any atom is 0.416 e. The molecule has 0 aromatic carbocycles. The predicted octanol–water partition coefficient (Wildman–Crippen LogP) is 3.07. The number of pyridine rings is 1. The molecule has 0 aliphatic heterocycles. The largest absolute Gasteiger partial charge is 0.416 e. The van der Waals surface area contributed by atoms with Crippen molar-refractivity contribution in [3.8, 4) is 0 Å². The van der Waals surface area contributed by atoms with Crippen molar-refractivity contribution in [2.24, 2.45) is 0 Å². The summed E-state index contributed by atoms with van der Waals surface area (Å²) in [5.74, 6) is 0.386. The molecule has 0 aliphatic rings. The summed E-state index contributed by atoms with van der Waals surface area (Å²) in [6.45, 7) is 8.64. The number of carbonyl (C=O) groups is 1. The lowest BCUT2D eigenvalue weighted by Crippen LogP contribution is -2.24. The number of aryl methyl sites for hydroxylation is 1. The minimum absolute atomic E-state index is 0.386. The fourth-order valence-corrected chi connectivity index (χ4v) is 1.52. The van der Waals surface area contributed by atoms with E-state index in [1.807, 2.05) is 20.6 Å². The second-order valence-electron chi connectivity index (χ2n) is 3.53. The highest BCUT2D eigenvalue weighted by Crippen LogP contribution is 2.31. The van der Waals surface area contributed by atoms with E-state index in [4.69, 9.17) is 4.79 Å². The standard InChI is InChI=1S/C11H15F3N2.CH2O/c1-4-16(5-2)10-7-9(11(12,13)14)6-8(3)15-10;1-2/h6-7H,4-5H2,1-3H3;1H2. The summed E-state index contributed by atoms with van der Waals surface area (Å²) >= 11 is 0. The van der Waals surface area contributed by atoms with Gasteiger partial charge in [0, 0.05) is 18.8 Å². The van der Waals surface area contributed by atoms with E-state index in [1.54, 1.807) is 11.8 Å². The molecule has 3 nitrogen and oxygen atoms in total. The minimum atomic E-state index is -4.31. The lowest BCUT2D eigenvalue weighted by molar-refractivity contribution is -0.137. The van der Waals surface area contributed by atoms with E-state index in [-0.39, 0.29) is 0 Å².